The van der Waals surface area contributed by atoms with Gasteiger partial charge < -0.3 is 31.5 Å². The molecule has 0 radical (unpaired) electrons. The van der Waals surface area contributed by atoms with Crippen LogP contribution >= 0.6 is 34.4 Å². The van der Waals surface area contributed by atoms with Crippen molar-refractivity contribution >= 4 is 78.4 Å². The molecule has 3 aromatic heterocycles. The van der Waals surface area contributed by atoms with Gasteiger partial charge in [-0.15, -0.1) is 29.5 Å². The van der Waals surface area contributed by atoms with Crippen LogP contribution in [0.25, 0.3) is 10.2 Å². The number of carbonyl (C=O) groups excluding carboxylic acids is 3. The molecule has 5 rings (SSSR count). The second-order valence-corrected chi connectivity index (χ2v) is 11.1. The number of rotatable bonds is 8. The van der Waals surface area contributed by atoms with Crippen molar-refractivity contribution in [2.45, 2.75) is 18.0 Å². The summed E-state index contributed by atoms with van der Waals surface area (Å²) in [5.41, 5.74) is 12.3. The van der Waals surface area contributed by atoms with E-state index in [0.717, 1.165) is 20.9 Å². The number of β-lactam (4-membered cyclic amide) rings is 1. The molecule has 0 spiro atoms. The molecule has 0 bridgehead atoms. The van der Waals surface area contributed by atoms with Crippen LogP contribution in [0, 0.1) is 12.3 Å². The number of hydrogen-bond donors (Lipinski definition) is 3. The summed E-state index contributed by atoms with van der Waals surface area (Å²) in [6.07, 6.45) is 8.70. The molecule has 194 valence electrons. The normalized spacial score (nSPS) is 19.1. The van der Waals surface area contributed by atoms with Gasteiger partial charge in [0.05, 0.1) is 16.4 Å². The van der Waals surface area contributed by atoms with Gasteiger partial charge >= 0.3 is 0 Å². The minimum atomic E-state index is -1.48. The molecule has 5 heterocycles. The van der Waals surface area contributed by atoms with E-state index in [9.17, 15) is 19.5 Å². The van der Waals surface area contributed by atoms with E-state index in [2.05, 4.69) is 26.4 Å². The summed E-state index contributed by atoms with van der Waals surface area (Å²) >= 11 is 3.76. The Labute approximate surface area is 227 Å². The summed E-state index contributed by atoms with van der Waals surface area (Å²) < 4.78 is 2.67. The smallest absolute Gasteiger partial charge is 0.276 e. The van der Waals surface area contributed by atoms with Gasteiger partial charge in [-0.3, -0.25) is 14.5 Å². The van der Waals surface area contributed by atoms with Gasteiger partial charge in [-0.1, -0.05) is 22.4 Å². The number of anilines is 2. The first-order valence-corrected chi connectivity index (χ1v) is 13.6. The van der Waals surface area contributed by atoms with E-state index in [0.29, 0.717) is 22.0 Å². The number of fused-ring (bicyclic) bond motifs is 2. The number of thiazole rings is 2. The van der Waals surface area contributed by atoms with Crippen molar-refractivity contribution < 1.29 is 28.9 Å². The molecule has 2 atom stereocenters. The minimum absolute atomic E-state index is 0.149. The lowest BCUT2D eigenvalue weighted by atomic mass is 10.0. The molecule has 5 N–H and O–H groups in total. The summed E-state index contributed by atoms with van der Waals surface area (Å²) in [6, 6.07) is 0.837. The van der Waals surface area contributed by atoms with Crippen LogP contribution in [0.2, 0.25) is 0 Å². The SMILES string of the molecule is C#CCO/N=C(/C(=O)NC1C(=O)N2C(C(=O)[O-])=C(C[n+]3ccc4sc(N)nc4c3)CS[C@H]12)c1csc(N)n1. The average molecular weight is 571 g/mol. The summed E-state index contributed by atoms with van der Waals surface area (Å²) in [5, 5.41) is 20.0. The molecule has 1 fully saturated rings. The van der Waals surface area contributed by atoms with Gasteiger partial charge in [-0.25, -0.2) is 9.97 Å². The Morgan fingerprint density at radius 2 is 2.18 bits per heavy atom. The second kappa shape index (κ2) is 10.3. The van der Waals surface area contributed by atoms with E-state index in [1.54, 1.807) is 17.0 Å². The first-order valence-electron chi connectivity index (χ1n) is 10.9. The van der Waals surface area contributed by atoms with Gasteiger partial charge in [0.2, 0.25) is 0 Å². The summed E-state index contributed by atoms with van der Waals surface area (Å²) in [5.74, 6) is -0.301. The molecule has 3 aromatic rings. The molecule has 2 aliphatic heterocycles. The Bertz CT molecular complexity index is 1570. The van der Waals surface area contributed by atoms with Crippen LogP contribution in [0.5, 0.6) is 0 Å². The molecule has 1 saturated heterocycles. The number of carboxylic acid groups (broad SMARTS) is 1. The highest BCUT2D eigenvalue weighted by Crippen LogP contribution is 2.40. The van der Waals surface area contributed by atoms with E-state index in [1.165, 1.54) is 28.5 Å². The first-order chi connectivity index (χ1) is 18.3. The second-order valence-electron chi connectivity index (χ2n) is 8.01. The molecule has 1 unspecified atom stereocenters. The van der Waals surface area contributed by atoms with Crippen LogP contribution in [0.3, 0.4) is 0 Å². The number of nitrogens with two attached hydrogens (primary N) is 2. The number of thioether (sulfide) groups is 1. The highest BCUT2D eigenvalue weighted by atomic mass is 32.2. The zero-order valence-electron chi connectivity index (χ0n) is 19.3. The lowest BCUT2D eigenvalue weighted by Crippen LogP contribution is -2.71. The molecule has 16 heteroatoms. The van der Waals surface area contributed by atoms with Gasteiger partial charge in [0.1, 0.15) is 22.6 Å². The molecule has 0 aliphatic carbocycles. The van der Waals surface area contributed by atoms with E-state index in [1.807, 2.05) is 6.07 Å². The van der Waals surface area contributed by atoms with Crippen LogP contribution in [0.1, 0.15) is 5.69 Å². The number of terminal acetylenes is 1. The topological polar surface area (TPSA) is 193 Å². The molecule has 13 nitrogen and oxygen atoms in total. The Morgan fingerprint density at radius 3 is 2.89 bits per heavy atom. The number of aromatic nitrogens is 3. The van der Waals surface area contributed by atoms with Crippen molar-refractivity contribution in [3.8, 4) is 12.3 Å². The first kappa shape index (κ1) is 25.4. The third kappa shape index (κ3) is 4.74. The predicted octanol–water partition coefficient (Wildman–Crippen LogP) is -1.34. The number of hydrogen-bond acceptors (Lipinski definition) is 13. The van der Waals surface area contributed by atoms with E-state index >= 15 is 0 Å². The van der Waals surface area contributed by atoms with E-state index in [-0.39, 0.29) is 35.4 Å². The van der Waals surface area contributed by atoms with Gasteiger partial charge in [0.15, 0.2) is 41.5 Å². The number of carbonyl (C=O) groups is 3. The maximum absolute atomic E-state index is 13.1. The molecular weight excluding hydrogens is 552 g/mol. The van der Waals surface area contributed by atoms with Gasteiger partial charge in [-0.2, -0.15) is 4.57 Å². The fourth-order valence-electron chi connectivity index (χ4n) is 3.99. The number of pyridine rings is 1. The zero-order chi connectivity index (χ0) is 27.0. The van der Waals surface area contributed by atoms with Crippen molar-refractivity contribution in [2.24, 2.45) is 5.16 Å². The van der Waals surface area contributed by atoms with Gasteiger partial charge in [0.25, 0.3) is 11.8 Å². The van der Waals surface area contributed by atoms with Crippen LogP contribution in [0.15, 0.2) is 40.3 Å². The van der Waals surface area contributed by atoms with Crippen molar-refractivity contribution in [3.05, 3.63) is 40.8 Å². The quantitative estimate of drug-likeness (QED) is 0.0729. The number of nitrogens with one attached hydrogen (secondary N) is 1. The van der Waals surface area contributed by atoms with Crippen LogP contribution in [-0.4, -0.2) is 62.1 Å². The lowest BCUT2D eigenvalue weighted by molar-refractivity contribution is -0.687. The average Bonchev–Trinajstić information content (AvgIpc) is 3.48. The number of aliphatic carboxylic acids is 1. The third-order valence-corrected chi connectivity index (χ3v) is 8.47. The number of carboxylic acids is 1. The fourth-order valence-corrected chi connectivity index (χ4v) is 6.58. The summed E-state index contributed by atoms with van der Waals surface area (Å²) in [6.45, 7) is 0.0140. The van der Waals surface area contributed by atoms with Crippen LogP contribution in [0.4, 0.5) is 10.3 Å². The summed E-state index contributed by atoms with van der Waals surface area (Å²) in [7, 11) is 0. The van der Waals surface area contributed by atoms with Crippen molar-refractivity contribution in [3.63, 3.8) is 0 Å². The van der Waals surface area contributed by atoms with E-state index < -0.39 is 29.2 Å². The van der Waals surface area contributed by atoms with Crippen LogP contribution in [-0.2, 0) is 25.8 Å². The standard InChI is InChI=1S/C22H18N8O5S3/c1-2-5-35-28-14(12-9-37-21(23)26-12)17(31)27-15-18(32)30-16(20(33)34)10(8-36-19(15)30)6-29-4-3-13-11(7-29)25-22(24)38-13/h1,3-4,7,9,15,19H,5-6,8H2,(H5-,23,24,25,26,27,31,33,34)/b28-14+/t15?,19-/m1/s1. The molecular formula is C22H18N8O5S3. The van der Waals surface area contributed by atoms with E-state index in [4.69, 9.17) is 22.7 Å². The number of amides is 2. The molecule has 0 aromatic carbocycles. The largest absolute Gasteiger partial charge is 0.543 e. The molecule has 2 amide bonds. The maximum Gasteiger partial charge on any atom is 0.276 e. The van der Waals surface area contributed by atoms with Crippen molar-refractivity contribution in [2.75, 3.05) is 23.8 Å². The lowest BCUT2D eigenvalue weighted by Gasteiger charge is -2.50. The van der Waals surface area contributed by atoms with Crippen molar-refractivity contribution in [1.82, 2.24) is 20.2 Å². The Kier molecular flexibility index (Phi) is 6.89. The summed E-state index contributed by atoms with van der Waals surface area (Å²) in [4.78, 5) is 52.6. The fraction of sp³-hybridized carbons (Fsp3) is 0.227. The number of nitrogens with zero attached hydrogens (tertiary/aromatic N) is 5. The number of oxime groups is 1. The number of nitrogen functional groups attached to an aromatic ring is 2. The zero-order valence-corrected chi connectivity index (χ0v) is 21.8. The predicted molar refractivity (Wildman–Crippen MR) is 139 cm³/mol. The molecule has 2 aliphatic rings. The third-order valence-electron chi connectivity index (χ3n) is 5.59. The van der Waals surface area contributed by atoms with Crippen molar-refractivity contribution in [1.29, 1.82) is 0 Å². The Morgan fingerprint density at radius 1 is 1.37 bits per heavy atom. The maximum atomic E-state index is 13.1. The van der Waals surface area contributed by atoms with Crippen LogP contribution < -0.4 is 26.5 Å². The Balaban J connectivity index is 1.35. The Hall–Kier alpha value is -4.20. The molecule has 38 heavy (non-hydrogen) atoms. The minimum Gasteiger partial charge on any atom is -0.543 e. The van der Waals surface area contributed by atoms with Gasteiger partial charge in [-0.05, 0) is 0 Å². The molecule has 0 saturated carbocycles. The van der Waals surface area contributed by atoms with Gasteiger partial charge in [0, 0.05) is 22.8 Å². The highest BCUT2D eigenvalue weighted by Gasteiger charge is 2.53. The monoisotopic (exact) mass is 570 g/mol. The highest BCUT2D eigenvalue weighted by molar-refractivity contribution is 8.00.